The number of hydrogen-bond acceptors (Lipinski definition) is 4. The molecule has 2 rings (SSSR count). The highest BCUT2D eigenvalue weighted by molar-refractivity contribution is 8.07. The molecule has 108 valence electrons. The summed E-state index contributed by atoms with van der Waals surface area (Å²) in [5.74, 6) is 2.30. The summed E-state index contributed by atoms with van der Waals surface area (Å²) in [6.07, 6.45) is 1.97. The SMILES string of the molecule is CC1SCC(c2ncc(CNC(C)(C)C)[nH]2)SC1C. The maximum Gasteiger partial charge on any atom is 0.120 e. The van der Waals surface area contributed by atoms with E-state index in [2.05, 4.69) is 61.7 Å². The first-order valence-electron chi connectivity index (χ1n) is 6.91. The lowest BCUT2D eigenvalue weighted by molar-refractivity contribution is 0.421. The van der Waals surface area contributed by atoms with Crippen molar-refractivity contribution < 1.29 is 0 Å². The Morgan fingerprint density at radius 2 is 2.11 bits per heavy atom. The Morgan fingerprint density at radius 3 is 2.74 bits per heavy atom. The monoisotopic (exact) mass is 299 g/mol. The second kappa shape index (κ2) is 6.10. The van der Waals surface area contributed by atoms with Crippen molar-refractivity contribution in [2.75, 3.05) is 5.75 Å². The topological polar surface area (TPSA) is 40.7 Å². The van der Waals surface area contributed by atoms with Crippen LogP contribution in [0.5, 0.6) is 0 Å². The fraction of sp³-hybridized carbons (Fsp3) is 0.786. The minimum absolute atomic E-state index is 0.144. The van der Waals surface area contributed by atoms with Crippen LogP contribution in [0.1, 0.15) is 51.4 Å². The first-order valence-corrected chi connectivity index (χ1v) is 8.90. The molecular weight excluding hydrogens is 274 g/mol. The lowest BCUT2D eigenvalue weighted by Gasteiger charge is -2.30. The molecule has 3 atom stereocenters. The number of rotatable bonds is 3. The van der Waals surface area contributed by atoms with E-state index in [-0.39, 0.29) is 5.54 Å². The number of aromatic nitrogens is 2. The average molecular weight is 300 g/mol. The molecule has 1 aromatic rings. The van der Waals surface area contributed by atoms with Gasteiger partial charge in [-0.2, -0.15) is 11.8 Å². The number of thioether (sulfide) groups is 2. The van der Waals surface area contributed by atoms with Gasteiger partial charge in [0.2, 0.25) is 0 Å². The number of H-pyrrole nitrogens is 1. The summed E-state index contributed by atoms with van der Waals surface area (Å²) in [6, 6.07) is 0. The average Bonchev–Trinajstić information content (AvgIpc) is 2.78. The summed E-state index contributed by atoms with van der Waals surface area (Å²) in [6.45, 7) is 12.0. The molecular formula is C14H25N3S2. The Balaban J connectivity index is 1.93. The van der Waals surface area contributed by atoms with Crippen molar-refractivity contribution in [3.05, 3.63) is 17.7 Å². The molecule has 0 spiro atoms. The molecule has 2 heterocycles. The van der Waals surface area contributed by atoms with E-state index in [4.69, 9.17) is 0 Å². The molecule has 3 nitrogen and oxygen atoms in total. The van der Waals surface area contributed by atoms with Crippen LogP contribution >= 0.6 is 23.5 Å². The second-order valence-corrected chi connectivity index (χ2v) is 9.26. The van der Waals surface area contributed by atoms with Gasteiger partial charge in [-0.25, -0.2) is 4.98 Å². The smallest absolute Gasteiger partial charge is 0.120 e. The molecule has 2 N–H and O–H groups in total. The van der Waals surface area contributed by atoms with Gasteiger partial charge in [-0.15, -0.1) is 11.8 Å². The highest BCUT2D eigenvalue weighted by Crippen LogP contribution is 2.43. The largest absolute Gasteiger partial charge is 0.344 e. The molecule has 0 aliphatic carbocycles. The van der Waals surface area contributed by atoms with Crippen LogP contribution in [0.25, 0.3) is 0 Å². The Morgan fingerprint density at radius 1 is 1.37 bits per heavy atom. The van der Waals surface area contributed by atoms with E-state index in [1.165, 1.54) is 5.69 Å². The summed E-state index contributed by atoms with van der Waals surface area (Å²) in [5, 5.41) is 5.45. The fourth-order valence-corrected chi connectivity index (χ4v) is 4.79. The highest BCUT2D eigenvalue weighted by atomic mass is 32.2. The summed E-state index contributed by atoms with van der Waals surface area (Å²) in [4.78, 5) is 8.05. The van der Waals surface area contributed by atoms with E-state index in [9.17, 15) is 0 Å². The van der Waals surface area contributed by atoms with Gasteiger partial charge in [-0.1, -0.05) is 13.8 Å². The minimum Gasteiger partial charge on any atom is -0.344 e. The Kier molecular flexibility index (Phi) is 4.90. The van der Waals surface area contributed by atoms with Crippen LogP contribution in [0.2, 0.25) is 0 Å². The predicted octanol–water partition coefficient (Wildman–Crippen LogP) is 3.60. The second-order valence-electron chi connectivity index (χ2n) is 6.27. The molecule has 0 aromatic carbocycles. The van der Waals surface area contributed by atoms with Crippen molar-refractivity contribution >= 4 is 23.5 Å². The van der Waals surface area contributed by atoms with E-state index in [0.29, 0.717) is 10.5 Å². The number of hydrogen-bond donors (Lipinski definition) is 2. The van der Waals surface area contributed by atoms with Crippen molar-refractivity contribution in [2.45, 2.75) is 62.5 Å². The highest BCUT2D eigenvalue weighted by Gasteiger charge is 2.28. The Hall–Kier alpha value is -0.130. The molecule has 1 fully saturated rings. The van der Waals surface area contributed by atoms with E-state index in [1.807, 2.05) is 18.0 Å². The molecule has 3 unspecified atom stereocenters. The molecule has 0 amide bonds. The number of aromatic amines is 1. The zero-order valence-electron chi connectivity index (χ0n) is 12.5. The van der Waals surface area contributed by atoms with Crippen molar-refractivity contribution in [3.8, 4) is 0 Å². The van der Waals surface area contributed by atoms with Gasteiger partial charge in [-0.3, -0.25) is 0 Å². The number of nitrogens with one attached hydrogen (secondary N) is 2. The van der Waals surface area contributed by atoms with E-state index < -0.39 is 0 Å². The molecule has 5 heteroatoms. The Bertz CT molecular complexity index is 411. The van der Waals surface area contributed by atoms with Gasteiger partial charge in [0.05, 0.1) is 5.25 Å². The predicted molar refractivity (Wildman–Crippen MR) is 86.9 cm³/mol. The zero-order chi connectivity index (χ0) is 14.0. The van der Waals surface area contributed by atoms with Crippen LogP contribution in [0.3, 0.4) is 0 Å². The van der Waals surface area contributed by atoms with Gasteiger partial charge in [0.25, 0.3) is 0 Å². The van der Waals surface area contributed by atoms with Crippen LogP contribution < -0.4 is 5.32 Å². The fourth-order valence-electron chi connectivity index (χ4n) is 1.92. The van der Waals surface area contributed by atoms with Crippen molar-refractivity contribution in [3.63, 3.8) is 0 Å². The van der Waals surface area contributed by atoms with Crippen LogP contribution in [0.4, 0.5) is 0 Å². The molecule has 19 heavy (non-hydrogen) atoms. The number of nitrogens with zero attached hydrogens (tertiary/aromatic N) is 1. The van der Waals surface area contributed by atoms with Gasteiger partial charge in [0, 0.05) is 40.2 Å². The van der Waals surface area contributed by atoms with Crippen molar-refractivity contribution in [2.24, 2.45) is 0 Å². The normalized spacial score (nSPS) is 28.6. The molecule has 0 radical (unpaired) electrons. The molecule has 1 aliphatic rings. The third-order valence-electron chi connectivity index (χ3n) is 3.31. The van der Waals surface area contributed by atoms with Crippen molar-refractivity contribution in [1.29, 1.82) is 0 Å². The van der Waals surface area contributed by atoms with E-state index in [0.717, 1.165) is 23.4 Å². The van der Waals surface area contributed by atoms with E-state index >= 15 is 0 Å². The molecule has 0 bridgehead atoms. The quantitative estimate of drug-likeness (QED) is 0.895. The summed E-state index contributed by atoms with van der Waals surface area (Å²) >= 11 is 4.11. The summed E-state index contributed by atoms with van der Waals surface area (Å²) in [5.41, 5.74) is 1.33. The van der Waals surface area contributed by atoms with Gasteiger partial charge in [-0.05, 0) is 20.8 Å². The number of imidazole rings is 1. The standard InChI is InChI=1S/C14H25N3S2/c1-9-10(2)19-12(8-18-9)13-15-6-11(17-13)7-16-14(3,4)5/h6,9-10,12,16H,7-8H2,1-5H3,(H,15,17). The Labute approximate surface area is 125 Å². The van der Waals surface area contributed by atoms with Gasteiger partial charge in [0.1, 0.15) is 5.82 Å². The third kappa shape index (κ3) is 4.43. The first kappa shape index (κ1) is 15.3. The summed E-state index contributed by atoms with van der Waals surface area (Å²) < 4.78 is 0. The maximum absolute atomic E-state index is 4.57. The summed E-state index contributed by atoms with van der Waals surface area (Å²) in [7, 11) is 0. The van der Waals surface area contributed by atoms with Crippen LogP contribution in [0, 0.1) is 0 Å². The lowest BCUT2D eigenvalue weighted by atomic mass is 10.1. The van der Waals surface area contributed by atoms with Gasteiger partial charge >= 0.3 is 0 Å². The van der Waals surface area contributed by atoms with Gasteiger partial charge in [0.15, 0.2) is 0 Å². The maximum atomic E-state index is 4.57. The van der Waals surface area contributed by atoms with Gasteiger partial charge < -0.3 is 10.3 Å². The molecule has 1 aliphatic heterocycles. The zero-order valence-corrected chi connectivity index (χ0v) is 14.1. The van der Waals surface area contributed by atoms with Crippen LogP contribution in [-0.2, 0) is 6.54 Å². The van der Waals surface area contributed by atoms with Crippen LogP contribution in [0.15, 0.2) is 6.20 Å². The van der Waals surface area contributed by atoms with Crippen LogP contribution in [-0.4, -0.2) is 31.8 Å². The lowest BCUT2D eigenvalue weighted by Crippen LogP contribution is -2.35. The molecule has 0 saturated carbocycles. The molecule has 1 aromatic heterocycles. The minimum atomic E-state index is 0.144. The first-order chi connectivity index (χ1) is 8.85. The van der Waals surface area contributed by atoms with E-state index in [1.54, 1.807) is 0 Å². The third-order valence-corrected chi connectivity index (χ3v) is 6.71. The van der Waals surface area contributed by atoms with Crippen molar-refractivity contribution in [1.82, 2.24) is 15.3 Å². The molecule has 1 saturated heterocycles.